The summed E-state index contributed by atoms with van der Waals surface area (Å²) in [4.78, 5) is 30.2. The van der Waals surface area contributed by atoms with Gasteiger partial charge in [-0.05, 0) is 30.3 Å². The first-order chi connectivity index (χ1) is 15.8. The largest absolute Gasteiger partial charge is 0.323 e. The quantitative estimate of drug-likeness (QED) is 0.339. The monoisotopic (exact) mass is 491 g/mol. The topological polar surface area (TPSA) is 81.8 Å². The average Bonchev–Trinajstić information content (AvgIpc) is 3.39. The van der Waals surface area contributed by atoms with Crippen LogP contribution in [0.25, 0.3) is 16.7 Å². The van der Waals surface area contributed by atoms with Gasteiger partial charge in [0.25, 0.3) is 5.56 Å². The minimum absolute atomic E-state index is 0.187. The third kappa shape index (κ3) is 3.76. The van der Waals surface area contributed by atoms with Gasteiger partial charge in [-0.1, -0.05) is 29.4 Å². The Hall–Kier alpha value is -3.31. The summed E-state index contributed by atoms with van der Waals surface area (Å²) in [5, 5.41) is 7.67. The summed E-state index contributed by atoms with van der Waals surface area (Å²) in [5.74, 6) is -4.79. The summed E-state index contributed by atoms with van der Waals surface area (Å²) in [6.45, 7) is 0. The van der Waals surface area contributed by atoms with Crippen LogP contribution < -0.4 is 10.9 Å². The Morgan fingerprint density at radius 2 is 2.03 bits per heavy atom. The van der Waals surface area contributed by atoms with Gasteiger partial charge in [-0.15, -0.1) is 0 Å². The van der Waals surface area contributed by atoms with Gasteiger partial charge in [0.05, 0.1) is 23.6 Å². The molecule has 33 heavy (non-hydrogen) atoms. The van der Waals surface area contributed by atoms with Gasteiger partial charge < -0.3 is 5.32 Å². The zero-order chi connectivity index (χ0) is 23.3. The Bertz CT molecular complexity index is 1490. The molecule has 1 N–H and O–H groups in total. The van der Waals surface area contributed by atoms with Gasteiger partial charge >= 0.3 is 0 Å². The van der Waals surface area contributed by atoms with Crippen molar-refractivity contribution in [3.05, 3.63) is 75.4 Å². The summed E-state index contributed by atoms with van der Waals surface area (Å²) < 4.78 is 43.3. The zero-order valence-corrected chi connectivity index (χ0v) is 18.1. The Balaban J connectivity index is 1.44. The van der Waals surface area contributed by atoms with Crippen LogP contribution in [0.4, 0.5) is 18.9 Å². The van der Waals surface area contributed by atoms with Crippen molar-refractivity contribution in [2.24, 2.45) is 0 Å². The Morgan fingerprint density at radius 3 is 2.82 bits per heavy atom. The molecule has 4 aromatic rings. The van der Waals surface area contributed by atoms with Gasteiger partial charge in [0, 0.05) is 17.2 Å². The number of nitrogens with zero attached hydrogens (tertiary/aromatic N) is 4. The predicted molar refractivity (Wildman–Crippen MR) is 117 cm³/mol. The summed E-state index contributed by atoms with van der Waals surface area (Å²) in [6, 6.07) is 8.04. The normalized spacial score (nSPS) is 15.1. The number of rotatable bonds is 4. The molecule has 2 aromatic heterocycles. The van der Waals surface area contributed by atoms with Gasteiger partial charge in [0.15, 0.2) is 28.3 Å². The molecule has 1 aliphatic rings. The van der Waals surface area contributed by atoms with Crippen molar-refractivity contribution < 1.29 is 18.0 Å². The highest BCUT2D eigenvalue weighted by molar-refractivity contribution is 7.99. The lowest BCUT2D eigenvalue weighted by Crippen LogP contribution is -2.28. The Labute approximate surface area is 193 Å². The van der Waals surface area contributed by atoms with Crippen molar-refractivity contribution in [2.45, 2.75) is 17.6 Å². The van der Waals surface area contributed by atoms with E-state index in [1.165, 1.54) is 27.2 Å². The highest BCUT2D eigenvalue weighted by Gasteiger charge is 2.30. The molecule has 7 nitrogen and oxygen atoms in total. The van der Waals surface area contributed by atoms with Crippen molar-refractivity contribution >= 4 is 46.0 Å². The van der Waals surface area contributed by atoms with E-state index in [9.17, 15) is 22.8 Å². The lowest BCUT2D eigenvalue weighted by molar-refractivity contribution is -0.116. The third-order valence-corrected chi connectivity index (χ3v) is 6.49. The number of aromatic nitrogens is 4. The first-order valence-electron chi connectivity index (χ1n) is 9.66. The molecule has 1 atom stereocenters. The van der Waals surface area contributed by atoms with Crippen molar-refractivity contribution in [3.8, 4) is 5.69 Å². The maximum atomic E-state index is 13.9. The smallest absolute Gasteiger partial charge is 0.265 e. The highest BCUT2D eigenvalue weighted by Crippen LogP contribution is 2.34. The van der Waals surface area contributed by atoms with Crippen molar-refractivity contribution in [3.63, 3.8) is 0 Å². The van der Waals surface area contributed by atoms with Crippen LogP contribution >= 0.6 is 23.4 Å². The lowest BCUT2D eigenvalue weighted by atomic mass is 10.2. The molecule has 0 fully saturated rings. The van der Waals surface area contributed by atoms with E-state index < -0.39 is 35.1 Å². The molecule has 0 radical (unpaired) electrons. The number of amides is 1. The number of thioether (sulfide) groups is 1. The van der Waals surface area contributed by atoms with Crippen molar-refractivity contribution in [1.29, 1.82) is 0 Å². The number of fused-ring (bicyclic) bond motifs is 2. The van der Waals surface area contributed by atoms with Gasteiger partial charge in [0.1, 0.15) is 5.39 Å². The van der Waals surface area contributed by atoms with Crippen LogP contribution in [0.5, 0.6) is 0 Å². The SMILES string of the molecule is O=C(CC1CSc2nc3c(cnn3-c3cccc(Cl)c3)c(=O)n21)Nc1ccc(F)c(F)c1F. The number of anilines is 1. The van der Waals surface area contributed by atoms with Crippen LogP contribution in [0.2, 0.25) is 5.02 Å². The summed E-state index contributed by atoms with van der Waals surface area (Å²) in [6.07, 6.45) is 1.21. The van der Waals surface area contributed by atoms with Crippen molar-refractivity contribution in [1.82, 2.24) is 19.3 Å². The Kier molecular flexibility index (Phi) is 5.37. The van der Waals surface area contributed by atoms with Crippen LogP contribution in [-0.2, 0) is 4.79 Å². The molecule has 0 spiro atoms. The van der Waals surface area contributed by atoms with Crippen LogP contribution in [0.3, 0.4) is 0 Å². The minimum atomic E-state index is -1.67. The number of halogens is 4. The fourth-order valence-electron chi connectivity index (χ4n) is 3.62. The molecule has 1 aliphatic heterocycles. The van der Waals surface area contributed by atoms with Crippen molar-refractivity contribution in [2.75, 3.05) is 11.1 Å². The van der Waals surface area contributed by atoms with E-state index in [2.05, 4.69) is 15.4 Å². The fraction of sp³-hybridized carbons (Fsp3) is 0.143. The molecule has 1 unspecified atom stereocenters. The fourth-order valence-corrected chi connectivity index (χ4v) is 4.93. The van der Waals surface area contributed by atoms with Gasteiger partial charge in [0.2, 0.25) is 5.91 Å². The second-order valence-electron chi connectivity index (χ2n) is 7.28. The van der Waals surface area contributed by atoms with E-state index in [0.717, 1.165) is 12.1 Å². The first kappa shape index (κ1) is 21.5. The van der Waals surface area contributed by atoms with Gasteiger partial charge in [-0.2, -0.15) is 5.10 Å². The van der Waals surface area contributed by atoms with Crippen LogP contribution in [0.1, 0.15) is 12.5 Å². The zero-order valence-electron chi connectivity index (χ0n) is 16.6. The first-order valence-corrected chi connectivity index (χ1v) is 11.0. The molecule has 5 rings (SSSR count). The lowest BCUT2D eigenvalue weighted by Gasteiger charge is -2.14. The molecular weight excluding hydrogens is 479 g/mol. The van der Waals surface area contributed by atoms with Crippen LogP contribution in [-0.4, -0.2) is 31.0 Å². The van der Waals surface area contributed by atoms with Crippen LogP contribution in [0, 0.1) is 17.5 Å². The molecule has 0 saturated heterocycles. The molecular formula is C21H13ClF3N5O2S. The number of benzene rings is 2. The summed E-state index contributed by atoms with van der Waals surface area (Å²) in [7, 11) is 0. The third-order valence-electron chi connectivity index (χ3n) is 5.15. The van der Waals surface area contributed by atoms with E-state index in [1.54, 1.807) is 24.3 Å². The van der Waals surface area contributed by atoms with Crippen LogP contribution in [0.15, 0.2) is 52.5 Å². The molecule has 1 amide bonds. The standard InChI is InChI=1S/C21H13ClF3N5O2S/c22-10-2-1-3-11(6-10)30-19-13(8-26-30)20(32)29-12(9-33-21(29)28-19)7-16(31)27-15-5-4-14(23)17(24)18(15)25/h1-6,8,12H,7,9H2,(H,27,31). The molecule has 0 aliphatic carbocycles. The van der Waals surface area contributed by atoms with E-state index in [4.69, 9.17) is 11.6 Å². The van der Waals surface area contributed by atoms with E-state index in [-0.39, 0.29) is 17.4 Å². The number of hydrogen-bond acceptors (Lipinski definition) is 5. The number of nitrogens with one attached hydrogen (secondary N) is 1. The number of carbonyl (C=O) groups excluding carboxylic acids is 1. The molecule has 12 heteroatoms. The second kappa shape index (κ2) is 8.23. The molecule has 0 saturated carbocycles. The van der Waals surface area contributed by atoms with Gasteiger partial charge in [-0.3, -0.25) is 14.2 Å². The summed E-state index contributed by atoms with van der Waals surface area (Å²) in [5.41, 5.74) is 0.149. The maximum Gasteiger partial charge on any atom is 0.265 e. The maximum absolute atomic E-state index is 13.9. The number of carbonyl (C=O) groups is 1. The molecule has 168 valence electrons. The van der Waals surface area contributed by atoms with E-state index in [1.807, 2.05) is 0 Å². The molecule has 3 heterocycles. The van der Waals surface area contributed by atoms with Gasteiger partial charge in [-0.25, -0.2) is 22.8 Å². The van der Waals surface area contributed by atoms with E-state index in [0.29, 0.717) is 27.3 Å². The molecule has 2 aromatic carbocycles. The highest BCUT2D eigenvalue weighted by atomic mass is 35.5. The predicted octanol–water partition coefficient (Wildman–Crippen LogP) is 4.33. The average molecular weight is 492 g/mol. The second-order valence-corrected chi connectivity index (χ2v) is 8.71. The minimum Gasteiger partial charge on any atom is -0.323 e. The van der Waals surface area contributed by atoms with E-state index >= 15 is 0 Å². The number of hydrogen-bond donors (Lipinski definition) is 1. The summed E-state index contributed by atoms with van der Waals surface area (Å²) >= 11 is 7.35. The molecule has 0 bridgehead atoms. The Morgan fingerprint density at radius 1 is 1.21 bits per heavy atom.